The Kier molecular flexibility index (Phi) is 4.55. The van der Waals surface area contributed by atoms with Gasteiger partial charge in [-0.3, -0.25) is 14.6 Å². The molecular formula is C23H16N6O3. The van der Waals surface area contributed by atoms with Crippen LogP contribution in [0.15, 0.2) is 65.7 Å². The number of carbonyl (C=O) groups excluding carboxylic acids is 1. The van der Waals surface area contributed by atoms with E-state index < -0.39 is 11.3 Å². The van der Waals surface area contributed by atoms with Gasteiger partial charge < -0.3 is 15.5 Å². The third kappa shape index (κ3) is 3.31. The number of amides is 1. The van der Waals surface area contributed by atoms with Crippen molar-refractivity contribution < 1.29 is 9.53 Å². The van der Waals surface area contributed by atoms with Gasteiger partial charge in [0.05, 0.1) is 33.9 Å². The minimum atomic E-state index is -0.772. The van der Waals surface area contributed by atoms with Crippen molar-refractivity contribution in [3.05, 3.63) is 82.5 Å². The second-order valence-corrected chi connectivity index (χ2v) is 7.11. The largest absolute Gasteiger partial charge is 0.436 e. The van der Waals surface area contributed by atoms with Gasteiger partial charge in [0.1, 0.15) is 11.4 Å². The molecule has 1 amide bonds. The van der Waals surface area contributed by atoms with Crippen LogP contribution in [0.1, 0.15) is 16.2 Å². The molecule has 0 bridgehead atoms. The maximum atomic E-state index is 12.9. The molecule has 0 fully saturated rings. The van der Waals surface area contributed by atoms with Gasteiger partial charge in [-0.15, -0.1) is 0 Å². The van der Waals surface area contributed by atoms with Crippen LogP contribution in [0.25, 0.3) is 33.1 Å². The number of aryl methyl sites for hydroxylation is 1. The number of rotatable bonds is 4. The average Bonchev–Trinajstić information content (AvgIpc) is 2.79. The molecule has 9 heteroatoms. The Balaban J connectivity index is 1.76. The van der Waals surface area contributed by atoms with Gasteiger partial charge >= 0.3 is 0 Å². The Labute approximate surface area is 180 Å². The third-order valence-electron chi connectivity index (χ3n) is 5.02. The Morgan fingerprint density at radius 3 is 2.75 bits per heavy atom. The van der Waals surface area contributed by atoms with Crippen LogP contribution in [0.3, 0.4) is 0 Å². The average molecular weight is 424 g/mol. The fourth-order valence-electron chi connectivity index (χ4n) is 3.50. The molecule has 0 radical (unpaired) electrons. The zero-order valence-electron chi connectivity index (χ0n) is 16.9. The number of para-hydroxylation sites is 1. The highest BCUT2D eigenvalue weighted by Gasteiger charge is 2.17. The van der Waals surface area contributed by atoms with Crippen LogP contribution in [0.4, 0.5) is 0 Å². The van der Waals surface area contributed by atoms with Crippen molar-refractivity contribution >= 4 is 27.7 Å². The summed E-state index contributed by atoms with van der Waals surface area (Å²) >= 11 is 0. The van der Waals surface area contributed by atoms with E-state index in [2.05, 4.69) is 25.1 Å². The van der Waals surface area contributed by atoms with Crippen LogP contribution in [0.2, 0.25) is 0 Å². The fourth-order valence-corrected chi connectivity index (χ4v) is 3.50. The normalized spacial score (nSPS) is 11.0. The number of benzene rings is 1. The molecule has 3 N–H and O–H groups in total. The Morgan fingerprint density at radius 2 is 1.94 bits per heavy atom. The van der Waals surface area contributed by atoms with Gasteiger partial charge in [0.25, 0.3) is 5.91 Å². The molecule has 9 nitrogen and oxygen atoms in total. The van der Waals surface area contributed by atoms with Crippen molar-refractivity contribution in [1.29, 1.82) is 0 Å². The maximum absolute atomic E-state index is 12.9. The molecule has 0 aliphatic carbocycles. The number of nitrogens with zero attached hydrogens (tertiary/aromatic N) is 4. The number of hydrogen-bond acceptors (Lipinski definition) is 7. The standard InChI is InChI=1S/C23H16N6O3/c1-12-19(7-9-26-29-12)32-23-14(10-13-4-2-3-5-15(13)28-23)17-11-18(30)20-16(27-17)6-8-25-21(20)22(24)31/h2-11H,1H3,(H2,24,31)(H,27,30). The van der Waals surface area contributed by atoms with Gasteiger partial charge in [-0.1, -0.05) is 18.2 Å². The smallest absolute Gasteiger partial charge is 0.268 e. The number of primary amides is 1. The minimum Gasteiger partial charge on any atom is -0.436 e. The van der Waals surface area contributed by atoms with Crippen molar-refractivity contribution in [2.45, 2.75) is 6.92 Å². The lowest BCUT2D eigenvalue weighted by atomic mass is 10.1. The first-order chi connectivity index (χ1) is 15.5. The van der Waals surface area contributed by atoms with E-state index in [0.29, 0.717) is 34.1 Å². The Bertz CT molecular complexity index is 1580. The van der Waals surface area contributed by atoms with Crippen LogP contribution in [0.5, 0.6) is 11.6 Å². The zero-order valence-corrected chi connectivity index (χ0v) is 16.9. The molecule has 156 valence electrons. The number of H-pyrrole nitrogens is 1. The predicted octanol–water partition coefficient (Wildman–Crippen LogP) is 3.13. The molecule has 5 rings (SSSR count). The highest BCUT2D eigenvalue weighted by molar-refractivity contribution is 6.03. The van der Waals surface area contributed by atoms with Crippen LogP contribution < -0.4 is 15.9 Å². The summed E-state index contributed by atoms with van der Waals surface area (Å²) in [6.07, 6.45) is 2.95. The van der Waals surface area contributed by atoms with E-state index in [1.54, 1.807) is 19.1 Å². The number of hydrogen-bond donors (Lipinski definition) is 2. The Hall–Kier alpha value is -4.66. The van der Waals surface area contributed by atoms with Gasteiger partial charge in [0.15, 0.2) is 11.2 Å². The van der Waals surface area contributed by atoms with Crippen molar-refractivity contribution in [2.75, 3.05) is 0 Å². The molecule has 4 heterocycles. The van der Waals surface area contributed by atoms with Crippen molar-refractivity contribution in [1.82, 2.24) is 25.1 Å². The number of nitrogens with one attached hydrogen (secondary N) is 1. The van der Waals surface area contributed by atoms with Gasteiger partial charge in [0.2, 0.25) is 5.88 Å². The number of aromatic nitrogens is 5. The van der Waals surface area contributed by atoms with Gasteiger partial charge in [0, 0.05) is 23.7 Å². The molecule has 32 heavy (non-hydrogen) atoms. The predicted molar refractivity (Wildman–Crippen MR) is 118 cm³/mol. The van der Waals surface area contributed by atoms with Crippen molar-refractivity contribution in [2.24, 2.45) is 5.73 Å². The molecule has 0 saturated carbocycles. The molecule has 0 spiro atoms. The van der Waals surface area contributed by atoms with Crippen LogP contribution >= 0.6 is 0 Å². The molecule has 0 saturated heterocycles. The molecule has 0 unspecified atom stereocenters. The molecule has 4 aromatic heterocycles. The second kappa shape index (κ2) is 7.55. The summed E-state index contributed by atoms with van der Waals surface area (Å²) in [7, 11) is 0. The lowest BCUT2D eigenvalue weighted by Gasteiger charge is -2.13. The van der Waals surface area contributed by atoms with Gasteiger partial charge in [-0.2, -0.15) is 10.2 Å². The maximum Gasteiger partial charge on any atom is 0.268 e. The SMILES string of the molecule is Cc1nnccc1Oc1nc2ccccc2cc1-c1cc(=O)c2c(C(N)=O)nccc2[nH]1. The number of nitrogens with two attached hydrogens (primary N) is 1. The van der Waals surface area contributed by atoms with Gasteiger partial charge in [-0.05, 0) is 25.1 Å². The summed E-state index contributed by atoms with van der Waals surface area (Å²) in [5, 5.41) is 8.86. The fraction of sp³-hybridized carbons (Fsp3) is 0.0435. The first-order valence-corrected chi connectivity index (χ1v) is 9.69. The zero-order chi connectivity index (χ0) is 22.2. The topological polar surface area (TPSA) is 137 Å². The van der Waals surface area contributed by atoms with Gasteiger partial charge in [-0.25, -0.2) is 4.98 Å². The monoisotopic (exact) mass is 424 g/mol. The number of ether oxygens (including phenoxy) is 1. The minimum absolute atomic E-state index is 0.0816. The summed E-state index contributed by atoms with van der Waals surface area (Å²) in [6.45, 7) is 1.78. The number of pyridine rings is 3. The van der Waals surface area contributed by atoms with Crippen molar-refractivity contribution in [3.63, 3.8) is 0 Å². The summed E-state index contributed by atoms with van der Waals surface area (Å²) < 4.78 is 6.09. The molecule has 5 aromatic rings. The first-order valence-electron chi connectivity index (χ1n) is 9.69. The van der Waals surface area contributed by atoms with E-state index in [9.17, 15) is 9.59 Å². The molecular weight excluding hydrogens is 408 g/mol. The highest BCUT2D eigenvalue weighted by atomic mass is 16.5. The molecule has 0 aliphatic heterocycles. The third-order valence-corrected chi connectivity index (χ3v) is 5.02. The molecule has 0 aliphatic rings. The van der Waals surface area contributed by atoms with E-state index in [0.717, 1.165) is 10.9 Å². The van der Waals surface area contributed by atoms with Crippen LogP contribution in [-0.2, 0) is 0 Å². The van der Waals surface area contributed by atoms with Crippen molar-refractivity contribution in [3.8, 4) is 22.9 Å². The van der Waals surface area contributed by atoms with Crippen LogP contribution in [-0.4, -0.2) is 31.1 Å². The Morgan fingerprint density at radius 1 is 1.09 bits per heavy atom. The molecule has 0 atom stereocenters. The quantitative estimate of drug-likeness (QED) is 0.452. The lowest BCUT2D eigenvalue weighted by Crippen LogP contribution is -2.17. The lowest BCUT2D eigenvalue weighted by molar-refractivity contribution is 0.0997. The van der Waals surface area contributed by atoms with E-state index in [1.165, 1.54) is 18.5 Å². The highest BCUT2D eigenvalue weighted by Crippen LogP contribution is 2.34. The van der Waals surface area contributed by atoms with Crippen LogP contribution in [0, 0.1) is 6.92 Å². The van der Waals surface area contributed by atoms with E-state index in [-0.39, 0.29) is 11.1 Å². The second-order valence-electron chi connectivity index (χ2n) is 7.11. The summed E-state index contributed by atoms with van der Waals surface area (Å²) in [5.41, 5.74) is 7.70. The number of aromatic amines is 1. The first kappa shape index (κ1) is 19.3. The van der Waals surface area contributed by atoms with E-state index >= 15 is 0 Å². The summed E-state index contributed by atoms with van der Waals surface area (Å²) in [4.78, 5) is 36.5. The molecule has 1 aromatic carbocycles. The summed E-state index contributed by atoms with van der Waals surface area (Å²) in [6, 6.07) is 14.1. The van der Waals surface area contributed by atoms with E-state index in [1.807, 2.05) is 30.3 Å². The number of fused-ring (bicyclic) bond motifs is 2. The number of carbonyl (C=O) groups is 1. The summed E-state index contributed by atoms with van der Waals surface area (Å²) in [5.74, 6) is 0.0114. The van der Waals surface area contributed by atoms with E-state index in [4.69, 9.17) is 10.5 Å².